The Labute approximate surface area is 414 Å². The molecule has 0 spiro atoms. The number of allylic oxidation sites excluding steroid dienone is 1. The number of fused-ring (bicyclic) bond motifs is 3. The standard InChI is InChI=1S/2C21H37NO3.C15H24O2.CH4/c2*1-15-17(23)9-13-20(6)12-8-16(14-21(15,20)24)25-22-18(2,3)10-7-11-19(22,4)5;1-10(2)12-5-7-14(4)8-6-13(16)11(3)15(14,17)9-12;/h2*15-16,24H,7-14H2,1-6H3;11-12,17H,1,5-9H2,2-4H3;1H4/t15-,16+,20+,21+;15-,16-,20+,21+;11-,12+,14+,15+;/m000./s1. The lowest BCUT2D eigenvalue weighted by atomic mass is 9.51. The number of rotatable bonds is 5. The molecule has 0 aromatic heterocycles. The number of hydrogen-bond acceptors (Lipinski definition) is 10. The minimum absolute atomic E-state index is 0. The van der Waals surface area contributed by atoms with Crippen molar-refractivity contribution in [3.63, 3.8) is 0 Å². The van der Waals surface area contributed by atoms with Gasteiger partial charge < -0.3 is 15.3 Å². The van der Waals surface area contributed by atoms with Gasteiger partial charge in [0.05, 0.1) is 29.0 Å². The lowest BCUT2D eigenvalue weighted by Crippen LogP contribution is -2.64. The molecule has 10 heteroatoms. The number of aliphatic hydroxyl groups is 3. The number of piperidine rings is 2. The second-order valence-corrected chi connectivity index (χ2v) is 27.3. The molecule has 8 rings (SSSR count). The van der Waals surface area contributed by atoms with E-state index in [0.29, 0.717) is 44.4 Å². The van der Waals surface area contributed by atoms with Gasteiger partial charge in [0, 0.05) is 72.0 Å². The first-order valence-corrected chi connectivity index (χ1v) is 27.0. The van der Waals surface area contributed by atoms with Crippen LogP contribution in [0.5, 0.6) is 0 Å². The van der Waals surface area contributed by atoms with E-state index in [4.69, 9.17) is 9.68 Å². The van der Waals surface area contributed by atoms with E-state index < -0.39 is 16.8 Å². The van der Waals surface area contributed by atoms with Crippen LogP contribution in [0, 0.1) is 39.9 Å². The molecule has 12 atom stereocenters. The molecule has 2 aliphatic heterocycles. The summed E-state index contributed by atoms with van der Waals surface area (Å²) < 4.78 is 0. The van der Waals surface area contributed by atoms with E-state index in [0.717, 1.165) is 89.0 Å². The second kappa shape index (κ2) is 19.7. The number of hydroxylamine groups is 4. The van der Waals surface area contributed by atoms with Gasteiger partial charge in [0.15, 0.2) is 0 Å². The molecule has 0 aromatic rings. The first kappa shape index (κ1) is 57.4. The van der Waals surface area contributed by atoms with Crippen molar-refractivity contribution in [3.05, 3.63) is 12.2 Å². The third-order valence-electron chi connectivity index (χ3n) is 20.8. The van der Waals surface area contributed by atoms with Gasteiger partial charge in [-0.25, -0.2) is 0 Å². The minimum atomic E-state index is -0.935. The fourth-order valence-electron chi connectivity index (χ4n) is 15.4. The summed E-state index contributed by atoms with van der Waals surface area (Å²) in [6.45, 7) is 36.3. The van der Waals surface area contributed by atoms with Crippen LogP contribution in [0.25, 0.3) is 0 Å². The Hall–Kier alpha value is -1.53. The SMILES string of the molecule is C.C=C(C)[C@@H]1CC[C@]2(C)CCC(=O)[C@H](C)[C@]2(O)C1.C[C@H]1C(=O)CC[C@@]2(C)CC[C@@H](ON3C(C)(C)CCCC3(C)C)C[C@@]12O.C[C@H]1C(=O)CC[C@@]2(C)CC[C@H](ON3C(C)(C)CCCC3(C)C)C[C@@]12O. The maximum atomic E-state index is 12.3. The molecule has 0 aromatic carbocycles. The molecule has 392 valence electrons. The van der Waals surface area contributed by atoms with Crippen LogP contribution in [0.3, 0.4) is 0 Å². The molecule has 2 saturated heterocycles. The van der Waals surface area contributed by atoms with Crippen LogP contribution >= 0.6 is 0 Å². The molecule has 0 radical (unpaired) electrons. The van der Waals surface area contributed by atoms with E-state index in [-0.39, 0.29) is 93.1 Å². The Morgan fingerprint density at radius 1 is 0.485 bits per heavy atom. The Balaban J connectivity index is 0.000000193. The van der Waals surface area contributed by atoms with Crippen molar-refractivity contribution in [1.29, 1.82) is 0 Å². The number of carbonyl (C=O) groups excluding carboxylic acids is 3. The normalized spacial score (nSPS) is 44.2. The Bertz CT molecular complexity index is 1730. The molecule has 3 N–H and O–H groups in total. The molecule has 8 fully saturated rings. The average molecular weight is 955 g/mol. The lowest BCUT2D eigenvalue weighted by molar-refractivity contribution is -0.324. The Morgan fingerprint density at radius 3 is 1.06 bits per heavy atom. The summed E-state index contributed by atoms with van der Waals surface area (Å²) in [7, 11) is 0. The van der Waals surface area contributed by atoms with Crippen LogP contribution in [-0.4, -0.2) is 94.0 Å². The van der Waals surface area contributed by atoms with Gasteiger partial charge in [-0.1, -0.05) is 61.1 Å². The van der Waals surface area contributed by atoms with Crippen molar-refractivity contribution >= 4 is 17.3 Å². The molecular weight excluding hydrogens is 853 g/mol. The number of nitrogens with zero attached hydrogens (tertiary/aromatic N) is 2. The molecule has 0 amide bonds. The number of hydrogen-bond donors (Lipinski definition) is 3. The topological polar surface area (TPSA) is 137 Å². The number of carbonyl (C=O) groups is 3. The summed E-state index contributed by atoms with van der Waals surface area (Å²) in [5.41, 5.74) is -1.94. The predicted octanol–water partition coefficient (Wildman–Crippen LogP) is 12.2. The molecule has 8 aliphatic rings. The van der Waals surface area contributed by atoms with Gasteiger partial charge in [-0.05, 0) is 187 Å². The minimum Gasteiger partial charge on any atom is -0.389 e. The van der Waals surface area contributed by atoms with Gasteiger partial charge in [0.2, 0.25) is 0 Å². The summed E-state index contributed by atoms with van der Waals surface area (Å²) in [4.78, 5) is 49.6. The van der Waals surface area contributed by atoms with E-state index in [1.165, 1.54) is 12.8 Å². The van der Waals surface area contributed by atoms with Crippen molar-refractivity contribution in [2.45, 2.75) is 297 Å². The van der Waals surface area contributed by atoms with Gasteiger partial charge in [0.25, 0.3) is 0 Å². The maximum absolute atomic E-state index is 12.3. The highest BCUT2D eigenvalue weighted by Crippen LogP contribution is 2.58. The van der Waals surface area contributed by atoms with Crippen LogP contribution in [-0.2, 0) is 24.1 Å². The molecule has 0 bridgehead atoms. The van der Waals surface area contributed by atoms with Crippen molar-refractivity contribution in [3.8, 4) is 0 Å². The van der Waals surface area contributed by atoms with Crippen molar-refractivity contribution in [2.24, 2.45) is 39.9 Å². The first-order valence-electron chi connectivity index (χ1n) is 27.0. The van der Waals surface area contributed by atoms with Gasteiger partial charge in [-0.3, -0.25) is 24.1 Å². The molecule has 6 aliphatic carbocycles. The summed E-state index contributed by atoms with van der Waals surface area (Å²) in [6.07, 6.45) is 19.0. The zero-order valence-corrected chi connectivity index (χ0v) is 45.3. The third-order valence-corrected chi connectivity index (χ3v) is 20.8. The quantitative estimate of drug-likeness (QED) is 0.228. The molecular formula is C58H102N2O8. The molecule has 6 saturated carbocycles. The van der Waals surface area contributed by atoms with Gasteiger partial charge in [-0.15, -0.1) is 0 Å². The summed E-state index contributed by atoms with van der Waals surface area (Å²) in [5.74, 6) is 0.218. The summed E-state index contributed by atoms with van der Waals surface area (Å²) >= 11 is 0. The maximum Gasteiger partial charge on any atom is 0.138 e. The number of Topliss-reactive ketones (excluding diaryl/α,β-unsaturated/α-hetero) is 3. The van der Waals surface area contributed by atoms with Crippen LogP contribution in [0.4, 0.5) is 0 Å². The van der Waals surface area contributed by atoms with Crippen LogP contribution in [0.15, 0.2) is 12.2 Å². The molecule has 2 heterocycles. The van der Waals surface area contributed by atoms with E-state index >= 15 is 0 Å². The molecule has 0 unspecified atom stereocenters. The van der Waals surface area contributed by atoms with E-state index in [9.17, 15) is 29.7 Å². The average Bonchev–Trinajstić information content (AvgIpc) is 3.22. The molecule has 68 heavy (non-hydrogen) atoms. The first-order chi connectivity index (χ1) is 30.6. The highest BCUT2D eigenvalue weighted by atomic mass is 16.7. The largest absolute Gasteiger partial charge is 0.389 e. The van der Waals surface area contributed by atoms with Gasteiger partial charge >= 0.3 is 0 Å². The third kappa shape index (κ3) is 10.3. The van der Waals surface area contributed by atoms with Gasteiger partial charge in [-0.2, -0.15) is 10.1 Å². The van der Waals surface area contributed by atoms with E-state index in [2.05, 4.69) is 92.9 Å². The highest BCUT2D eigenvalue weighted by molar-refractivity contribution is 5.84. The van der Waals surface area contributed by atoms with Crippen LogP contribution < -0.4 is 0 Å². The van der Waals surface area contributed by atoms with Crippen molar-refractivity contribution in [2.75, 3.05) is 0 Å². The fourth-order valence-corrected chi connectivity index (χ4v) is 15.4. The van der Waals surface area contributed by atoms with Crippen LogP contribution in [0.1, 0.15) is 246 Å². The lowest BCUT2D eigenvalue weighted by Gasteiger charge is -2.58. The Morgan fingerprint density at radius 2 is 0.765 bits per heavy atom. The monoisotopic (exact) mass is 955 g/mol. The van der Waals surface area contributed by atoms with Crippen molar-refractivity contribution < 1.29 is 39.4 Å². The van der Waals surface area contributed by atoms with Gasteiger partial charge in [0.1, 0.15) is 17.3 Å². The zero-order chi connectivity index (χ0) is 50.2. The number of ketones is 3. The zero-order valence-electron chi connectivity index (χ0n) is 45.3. The Kier molecular flexibility index (Phi) is 16.6. The fraction of sp³-hybridized carbons (Fsp3) is 0.914. The van der Waals surface area contributed by atoms with Crippen molar-refractivity contribution in [1.82, 2.24) is 10.1 Å². The highest BCUT2D eigenvalue weighted by Gasteiger charge is 2.61. The van der Waals surface area contributed by atoms with Crippen LogP contribution in [0.2, 0.25) is 0 Å². The summed E-state index contributed by atoms with van der Waals surface area (Å²) in [5, 5.41) is 38.5. The molecule has 10 nitrogen and oxygen atoms in total. The smallest absolute Gasteiger partial charge is 0.138 e. The predicted molar refractivity (Wildman–Crippen MR) is 273 cm³/mol. The summed E-state index contributed by atoms with van der Waals surface area (Å²) in [6, 6.07) is 0. The second-order valence-electron chi connectivity index (χ2n) is 27.3. The van der Waals surface area contributed by atoms with E-state index in [1.807, 2.05) is 27.7 Å². The van der Waals surface area contributed by atoms with E-state index in [1.54, 1.807) is 0 Å².